The van der Waals surface area contributed by atoms with Crippen molar-refractivity contribution < 1.29 is 37.1 Å². The van der Waals surface area contributed by atoms with Gasteiger partial charge in [0.2, 0.25) is 6.23 Å². The standard InChI is InChI=1S/C11H14ClF2N2O8P/c1-22-25(20,21)23-5-10(4-12)7(18)11(13,14)8(24-10)16-3-2-6(17)15-9(16)19/h2-3,7-8,18H,4-5H2,1H3,(H,20,21)(H,15,17,19). The van der Waals surface area contributed by atoms with Crippen LogP contribution in [0.1, 0.15) is 6.23 Å². The van der Waals surface area contributed by atoms with Crippen LogP contribution >= 0.6 is 19.4 Å². The van der Waals surface area contributed by atoms with Gasteiger partial charge in [-0.05, 0) is 0 Å². The van der Waals surface area contributed by atoms with Crippen LogP contribution < -0.4 is 11.2 Å². The van der Waals surface area contributed by atoms with Gasteiger partial charge in [0.05, 0.1) is 12.5 Å². The summed E-state index contributed by atoms with van der Waals surface area (Å²) >= 11 is 5.62. The summed E-state index contributed by atoms with van der Waals surface area (Å²) in [5.74, 6) is -4.80. The molecule has 0 saturated carbocycles. The molecule has 0 aromatic carbocycles. The largest absolute Gasteiger partial charge is 0.472 e. The smallest absolute Gasteiger partial charge is 0.383 e. The van der Waals surface area contributed by atoms with Crippen molar-refractivity contribution in [1.29, 1.82) is 0 Å². The number of H-pyrrole nitrogens is 1. The number of aliphatic hydroxyl groups excluding tert-OH is 1. The quantitative estimate of drug-likeness (QED) is 0.436. The van der Waals surface area contributed by atoms with E-state index in [1.165, 1.54) is 0 Å². The summed E-state index contributed by atoms with van der Waals surface area (Å²) in [5.41, 5.74) is -4.35. The molecule has 3 N–H and O–H groups in total. The normalized spacial score (nSPS) is 31.0. The first-order chi connectivity index (χ1) is 11.5. The van der Waals surface area contributed by atoms with Gasteiger partial charge in [-0.1, -0.05) is 0 Å². The van der Waals surface area contributed by atoms with Crippen LogP contribution in [0.4, 0.5) is 8.78 Å². The molecule has 1 aliphatic heterocycles. The summed E-state index contributed by atoms with van der Waals surface area (Å²) in [7, 11) is -3.72. The summed E-state index contributed by atoms with van der Waals surface area (Å²) in [6.45, 7) is -1.02. The fourth-order valence-corrected chi connectivity index (χ4v) is 2.98. The molecule has 2 heterocycles. The van der Waals surface area contributed by atoms with Crippen molar-refractivity contribution in [3.8, 4) is 0 Å². The molecule has 0 aliphatic carbocycles. The number of hydrogen-bond acceptors (Lipinski definition) is 7. The van der Waals surface area contributed by atoms with Crippen molar-refractivity contribution in [1.82, 2.24) is 9.55 Å². The zero-order valence-corrected chi connectivity index (χ0v) is 14.2. The Morgan fingerprint density at radius 1 is 1.52 bits per heavy atom. The van der Waals surface area contributed by atoms with Gasteiger partial charge in [0.25, 0.3) is 5.56 Å². The second kappa shape index (κ2) is 6.88. The van der Waals surface area contributed by atoms with Crippen LogP contribution in [0.3, 0.4) is 0 Å². The number of alkyl halides is 3. The van der Waals surface area contributed by atoms with Gasteiger partial charge in [0.15, 0.2) is 6.10 Å². The Bertz CT molecular complexity index is 801. The van der Waals surface area contributed by atoms with E-state index < -0.39 is 55.4 Å². The molecule has 0 radical (unpaired) electrons. The van der Waals surface area contributed by atoms with Crippen LogP contribution in [0.25, 0.3) is 0 Å². The van der Waals surface area contributed by atoms with E-state index in [1.54, 1.807) is 4.98 Å². The third-order valence-electron chi connectivity index (χ3n) is 3.57. The lowest BCUT2D eigenvalue weighted by Crippen LogP contribution is -2.50. The molecule has 1 aromatic rings. The van der Waals surface area contributed by atoms with E-state index in [9.17, 15) is 32.9 Å². The topological polar surface area (TPSA) is 140 Å². The molecule has 1 aliphatic rings. The van der Waals surface area contributed by atoms with Gasteiger partial charge < -0.3 is 14.7 Å². The number of aromatic amines is 1. The molecule has 14 heteroatoms. The second-order valence-electron chi connectivity index (χ2n) is 5.19. The number of phosphoric ester groups is 1. The maximum Gasteiger partial charge on any atom is 0.472 e. The summed E-state index contributed by atoms with van der Waals surface area (Å²) in [6.07, 6.45) is -4.17. The molecule has 2 rings (SSSR count). The van der Waals surface area contributed by atoms with E-state index in [0.29, 0.717) is 4.57 Å². The fraction of sp³-hybridized carbons (Fsp3) is 0.636. The predicted molar refractivity (Wildman–Crippen MR) is 78.6 cm³/mol. The summed E-state index contributed by atoms with van der Waals surface area (Å²) < 4.78 is 54.3. The van der Waals surface area contributed by atoms with Crippen molar-refractivity contribution in [3.05, 3.63) is 33.1 Å². The Kier molecular flexibility index (Phi) is 5.55. The molecule has 25 heavy (non-hydrogen) atoms. The molecule has 0 bridgehead atoms. The minimum atomic E-state index is -4.57. The van der Waals surface area contributed by atoms with Gasteiger partial charge in [-0.15, -0.1) is 11.6 Å². The highest BCUT2D eigenvalue weighted by atomic mass is 35.5. The summed E-state index contributed by atoms with van der Waals surface area (Å²) in [6, 6.07) is 0.803. The average Bonchev–Trinajstić information content (AvgIpc) is 2.74. The molecule has 10 nitrogen and oxygen atoms in total. The first-order valence-electron chi connectivity index (χ1n) is 6.63. The zero-order chi connectivity index (χ0) is 19.0. The predicted octanol–water partition coefficient (Wildman–Crippen LogP) is -0.197. The number of phosphoric acid groups is 1. The van der Waals surface area contributed by atoms with Crippen LogP contribution in [0, 0.1) is 0 Å². The Hall–Kier alpha value is -1.14. The molecular weight excluding hydrogens is 393 g/mol. The summed E-state index contributed by atoms with van der Waals surface area (Å²) in [5, 5.41) is 9.98. The zero-order valence-electron chi connectivity index (χ0n) is 12.6. The van der Waals surface area contributed by atoms with Crippen LogP contribution in [0.15, 0.2) is 21.9 Å². The molecular formula is C11H14ClF2N2O8P. The van der Waals surface area contributed by atoms with Crippen molar-refractivity contribution in [2.45, 2.75) is 23.9 Å². The third-order valence-corrected chi connectivity index (χ3v) is 4.94. The van der Waals surface area contributed by atoms with E-state index in [2.05, 4.69) is 9.05 Å². The van der Waals surface area contributed by atoms with E-state index >= 15 is 0 Å². The van der Waals surface area contributed by atoms with Crippen molar-refractivity contribution >= 4 is 19.4 Å². The molecule has 1 fully saturated rings. The summed E-state index contributed by atoms with van der Waals surface area (Å²) in [4.78, 5) is 33.8. The van der Waals surface area contributed by atoms with Gasteiger partial charge in [0, 0.05) is 19.4 Å². The monoisotopic (exact) mass is 406 g/mol. The molecule has 0 amide bonds. The van der Waals surface area contributed by atoms with E-state index in [4.69, 9.17) is 16.3 Å². The van der Waals surface area contributed by atoms with E-state index in [1.807, 2.05) is 0 Å². The average molecular weight is 407 g/mol. The van der Waals surface area contributed by atoms with Gasteiger partial charge in [0.1, 0.15) is 5.60 Å². The number of nitrogens with zero attached hydrogens (tertiary/aromatic N) is 1. The number of hydrogen-bond donors (Lipinski definition) is 3. The molecule has 1 aromatic heterocycles. The lowest BCUT2D eigenvalue weighted by atomic mass is 9.97. The molecule has 1 saturated heterocycles. The van der Waals surface area contributed by atoms with Crippen molar-refractivity contribution in [3.63, 3.8) is 0 Å². The maximum atomic E-state index is 14.4. The number of ether oxygens (including phenoxy) is 1. The highest BCUT2D eigenvalue weighted by Gasteiger charge is 2.67. The van der Waals surface area contributed by atoms with Crippen LogP contribution in [0.5, 0.6) is 0 Å². The molecule has 4 atom stereocenters. The molecule has 0 spiro atoms. The van der Waals surface area contributed by atoms with Gasteiger partial charge in [-0.25, -0.2) is 9.36 Å². The molecule has 142 valence electrons. The number of nitrogens with one attached hydrogen (secondary N) is 1. The van der Waals surface area contributed by atoms with Gasteiger partial charge >= 0.3 is 19.4 Å². The van der Waals surface area contributed by atoms with Gasteiger partial charge in [-0.3, -0.25) is 23.4 Å². The SMILES string of the molecule is COP(=O)(O)OCC1(CCl)OC(n2ccc(=O)[nH]c2=O)C(F)(F)C1O. The highest BCUT2D eigenvalue weighted by molar-refractivity contribution is 7.47. The number of aromatic nitrogens is 2. The minimum Gasteiger partial charge on any atom is -0.383 e. The van der Waals surface area contributed by atoms with Crippen molar-refractivity contribution in [2.75, 3.05) is 19.6 Å². The third kappa shape index (κ3) is 3.70. The minimum absolute atomic E-state index is 0.355. The highest BCUT2D eigenvalue weighted by Crippen LogP contribution is 2.51. The lowest BCUT2D eigenvalue weighted by Gasteiger charge is -2.29. The Labute approximate surface area is 143 Å². The van der Waals surface area contributed by atoms with E-state index in [-0.39, 0.29) is 0 Å². The van der Waals surface area contributed by atoms with Crippen LogP contribution in [-0.4, -0.2) is 56.8 Å². The van der Waals surface area contributed by atoms with Crippen LogP contribution in [-0.2, 0) is 18.3 Å². The van der Waals surface area contributed by atoms with Gasteiger partial charge in [-0.2, -0.15) is 8.78 Å². The lowest BCUT2D eigenvalue weighted by molar-refractivity contribution is -0.143. The number of halogens is 3. The Balaban J connectivity index is 2.41. The number of rotatable bonds is 6. The van der Waals surface area contributed by atoms with E-state index in [0.717, 1.165) is 19.4 Å². The first-order valence-corrected chi connectivity index (χ1v) is 8.66. The second-order valence-corrected chi connectivity index (χ2v) is 7.02. The molecule has 4 unspecified atom stereocenters. The fourth-order valence-electron chi connectivity index (χ4n) is 2.20. The van der Waals surface area contributed by atoms with Crippen LogP contribution in [0.2, 0.25) is 0 Å². The number of aliphatic hydroxyl groups is 1. The maximum absolute atomic E-state index is 14.4. The van der Waals surface area contributed by atoms with Crippen molar-refractivity contribution in [2.24, 2.45) is 0 Å². The Morgan fingerprint density at radius 3 is 2.68 bits per heavy atom. The Morgan fingerprint density at radius 2 is 2.16 bits per heavy atom. The first kappa shape index (κ1) is 20.2.